The number of halogens is 1. The average molecular weight is 281 g/mol. The van der Waals surface area contributed by atoms with Gasteiger partial charge in [-0.25, -0.2) is 0 Å². The molecule has 0 saturated carbocycles. The maximum absolute atomic E-state index is 5.94. The Kier molecular flexibility index (Phi) is 5.68. The second kappa shape index (κ2) is 7.28. The van der Waals surface area contributed by atoms with Crippen LogP contribution in [0.15, 0.2) is 24.3 Å². The summed E-state index contributed by atoms with van der Waals surface area (Å²) in [6.45, 7) is 5.83. The van der Waals surface area contributed by atoms with Crippen LogP contribution in [0.4, 0.5) is 0 Å². The van der Waals surface area contributed by atoms with Crippen LogP contribution in [0.2, 0.25) is 5.02 Å². The highest BCUT2D eigenvalue weighted by atomic mass is 35.5. The topological polar surface area (TPSA) is 15.3 Å². The van der Waals surface area contributed by atoms with Crippen molar-refractivity contribution in [3.05, 3.63) is 34.9 Å². The van der Waals surface area contributed by atoms with Gasteiger partial charge < -0.3 is 5.32 Å². The molecule has 0 bridgehead atoms. The van der Waals surface area contributed by atoms with Crippen molar-refractivity contribution in [2.75, 3.05) is 26.7 Å². The van der Waals surface area contributed by atoms with Gasteiger partial charge in [0.15, 0.2) is 0 Å². The van der Waals surface area contributed by atoms with Crippen molar-refractivity contribution in [1.82, 2.24) is 10.2 Å². The van der Waals surface area contributed by atoms with Crippen molar-refractivity contribution in [3.63, 3.8) is 0 Å². The van der Waals surface area contributed by atoms with Gasteiger partial charge in [0.05, 0.1) is 0 Å². The van der Waals surface area contributed by atoms with E-state index in [0.717, 1.165) is 17.5 Å². The normalized spacial score (nSPS) is 21.6. The van der Waals surface area contributed by atoms with Gasteiger partial charge in [0, 0.05) is 11.1 Å². The number of hydrogen-bond donors (Lipinski definition) is 1. The van der Waals surface area contributed by atoms with Crippen LogP contribution in [0.5, 0.6) is 0 Å². The lowest BCUT2D eigenvalue weighted by molar-refractivity contribution is 0.227. The lowest BCUT2D eigenvalue weighted by Crippen LogP contribution is -2.32. The Bertz CT molecular complexity index is 371. The van der Waals surface area contributed by atoms with Crippen LogP contribution < -0.4 is 5.32 Å². The van der Waals surface area contributed by atoms with Crippen molar-refractivity contribution >= 4 is 11.6 Å². The first-order chi connectivity index (χ1) is 9.16. The van der Waals surface area contributed by atoms with Gasteiger partial charge in [0.2, 0.25) is 0 Å². The maximum Gasteiger partial charge on any atom is 0.0406 e. The third-order valence-electron chi connectivity index (χ3n) is 4.30. The summed E-state index contributed by atoms with van der Waals surface area (Å²) >= 11 is 5.94. The Labute approximate surface area is 122 Å². The van der Waals surface area contributed by atoms with Crippen molar-refractivity contribution in [2.24, 2.45) is 5.92 Å². The van der Waals surface area contributed by atoms with Crippen LogP contribution in [-0.2, 0) is 0 Å². The van der Waals surface area contributed by atoms with Gasteiger partial charge >= 0.3 is 0 Å². The molecule has 1 aromatic carbocycles. The minimum Gasteiger partial charge on any atom is -0.316 e. The predicted molar refractivity (Wildman–Crippen MR) is 82.7 cm³/mol. The van der Waals surface area contributed by atoms with Gasteiger partial charge in [-0.3, -0.25) is 4.90 Å². The molecule has 2 rings (SSSR count). The van der Waals surface area contributed by atoms with Crippen LogP contribution in [0.3, 0.4) is 0 Å². The molecular weight excluding hydrogens is 256 g/mol. The Morgan fingerprint density at radius 2 is 2.11 bits per heavy atom. The summed E-state index contributed by atoms with van der Waals surface area (Å²) in [5, 5.41) is 4.30. The van der Waals surface area contributed by atoms with E-state index in [1.54, 1.807) is 0 Å². The lowest BCUT2D eigenvalue weighted by Gasteiger charge is -2.29. The first-order valence-electron chi connectivity index (χ1n) is 7.33. The average Bonchev–Trinajstić information content (AvgIpc) is 2.46. The zero-order chi connectivity index (χ0) is 13.7. The number of rotatable bonds is 5. The Balaban J connectivity index is 1.81. The second-order valence-electron chi connectivity index (χ2n) is 5.71. The summed E-state index contributed by atoms with van der Waals surface area (Å²) in [4.78, 5) is 2.44. The van der Waals surface area contributed by atoms with E-state index in [1.165, 1.54) is 37.9 Å². The van der Waals surface area contributed by atoms with Gasteiger partial charge in [-0.1, -0.05) is 23.7 Å². The van der Waals surface area contributed by atoms with Crippen molar-refractivity contribution in [1.29, 1.82) is 0 Å². The summed E-state index contributed by atoms with van der Waals surface area (Å²) in [6, 6.07) is 8.67. The van der Waals surface area contributed by atoms with Crippen LogP contribution in [0.1, 0.15) is 37.8 Å². The molecular formula is C16H25ClN2. The molecule has 1 aliphatic rings. The quantitative estimate of drug-likeness (QED) is 0.884. The van der Waals surface area contributed by atoms with Crippen molar-refractivity contribution in [3.8, 4) is 0 Å². The summed E-state index contributed by atoms with van der Waals surface area (Å²) < 4.78 is 0. The standard InChI is InChI=1S/C16H25ClN2/c1-13(15-5-7-16(17)8-6-15)19(2)11-9-14-4-3-10-18-12-14/h5-8,13-14,18H,3-4,9-12H2,1-2H3. The smallest absolute Gasteiger partial charge is 0.0406 e. The van der Waals surface area contributed by atoms with Crippen molar-refractivity contribution < 1.29 is 0 Å². The molecule has 1 aromatic rings. The molecule has 1 N–H and O–H groups in total. The molecule has 3 heteroatoms. The Morgan fingerprint density at radius 3 is 2.74 bits per heavy atom. The third-order valence-corrected chi connectivity index (χ3v) is 4.55. The monoisotopic (exact) mass is 280 g/mol. The van der Waals surface area contributed by atoms with Crippen molar-refractivity contribution in [2.45, 2.75) is 32.2 Å². The van der Waals surface area contributed by atoms with E-state index in [9.17, 15) is 0 Å². The second-order valence-corrected chi connectivity index (χ2v) is 6.15. The number of piperidine rings is 1. The van der Waals surface area contributed by atoms with E-state index in [4.69, 9.17) is 11.6 Å². The summed E-state index contributed by atoms with van der Waals surface area (Å²) in [6.07, 6.45) is 4.01. The molecule has 0 spiro atoms. The molecule has 0 aliphatic carbocycles. The first-order valence-corrected chi connectivity index (χ1v) is 7.71. The molecule has 2 nitrogen and oxygen atoms in total. The molecule has 1 fully saturated rings. The van der Waals surface area contributed by atoms with Gasteiger partial charge in [-0.05, 0) is 76.5 Å². The van der Waals surface area contributed by atoms with Gasteiger partial charge in [0.25, 0.3) is 0 Å². The molecule has 2 atom stereocenters. The van der Waals surface area contributed by atoms with E-state index in [-0.39, 0.29) is 0 Å². The zero-order valence-corrected chi connectivity index (χ0v) is 12.8. The largest absolute Gasteiger partial charge is 0.316 e. The molecule has 106 valence electrons. The molecule has 19 heavy (non-hydrogen) atoms. The van der Waals surface area contributed by atoms with Crippen LogP contribution in [-0.4, -0.2) is 31.6 Å². The fourth-order valence-corrected chi connectivity index (χ4v) is 2.87. The molecule has 0 amide bonds. The zero-order valence-electron chi connectivity index (χ0n) is 12.0. The van der Waals surface area contributed by atoms with E-state index >= 15 is 0 Å². The Morgan fingerprint density at radius 1 is 1.37 bits per heavy atom. The fourth-order valence-electron chi connectivity index (χ4n) is 2.75. The minimum absolute atomic E-state index is 0.453. The van der Waals surface area contributed by atoms with Crippen LogP contribution in [0.25, 0.3) is 0 Å². The lowest BCUT2D eigenvalue weighted by atomic mass is 9.95. The number of hydrogen-bond acceptors (Lipinski definition) is 2. The third kappa shape index (κ3) is 4.48. The SMILES string of the molecule is CC(c1ccc(Cl)cc1)N(C)CCC1CCCNC1. The number of nitrogens with zero attached hydrogens (tertiary/aromatic N) is 1. The molecule has 0 radical (unpaired) electrons. The van der Waals surface area contributed by atoms with Crippen LogP contribution in [0, 0.1) is 5.92 Å². The number of nitrogens with one attached hydrogen (secondary N) is 1. The highest BCUT2D eigenvalue weighted by Gasteiger charge is 2.16. The molecule has 1 heterocycles. The fraction of sp³-hybridized carbons (Fsp3) is 0.625. The van der Waals surface area contributed by atoms with Gasteiger partial charge in [0.1, 0.15) is 0 Å². The summed E-state index contributed by atoms with van der Waals surface area (Å²) in [5.41, 5.74) is 1.34. The Hall–Kier alpha value is -0.570. The predicted octanol–water partition coefficient (Wildman–Crippen LogP) is 3.72. The van der Waals surface area contributed by atoms with Crippen LogP contribution >= 0.6 is 11.6 Å². The van der Waals surface area contributed by atoms with Gasteiger partial charge in [-0.2, -0.15) is 0 Å². The molecule has 0 aromatic heterocycles. The first kappa shape index (κ1) is 14.8. The van der Waals surface area contributed by atoms with E-state index in [1.807, 2.05) is 12.1 Å². The molecule has 2 unspecified atom stereocenters. The highest BCUT2D eigenvalue weighted by molar-refractivity contribution is 6.30. The molecule has 1 saturated heterocycles. The van der Waals surface area contributed by atoms with E-state index < -0.39 is 0 Å². The maximum atomic E-state index is 5.94. The van der Waals surface area contributed by atoms with E-state index in [0.29, 0.717) is 6.04 Å². The highest BCUT2D eigenvalue weighted by Crippen LogP contribution is 2.22. The van der Waals surface area contributed by atoms with E-state index in [2.05, 4.69) is 36.3 Å². The summed E-state index contributed by atoms with van der Waals surface area (Å²) in [5.74, 6) is 0.855. The summed E-state index contributed by atoms with van der Waals surface area (Å²) in [7, 11) is 2.22. The molecule has 1 aliphatic heterocycles. The van der Waals surface area contributed by atoms with Gasteiger partial charge in [-0.15, -0.1) is 0 Å². The number of benzene rings is 1. The minimum atomic E-state index is 0.453.